The van der Waals surface area contributed by atoms with Crippen LogP contribution in [0.25, 0.3) is 0 Å². The molecule has 0 fully saturated rings. The summed E-state index contributed by atoms with van der Waals surface area (Å²) in [6.07, 6.45) is 0.427. The quantitative estimate of drug-likeness (QED) is 0.853. The van der Waals surface area contributed by atoms with Gasteiger partial charge in [-0.05, 0) is 41.1 Å². The predicted molar refractivity (Wildman–Crippen MR) is 64.5 cm³/mol. The second-order valence-corrected chi connectivity index (χ2v) is 4.41. The Morgan fingerprint density at radius 2 is 2.27 bits per heavy atom. The topological polar surface area (TPSA) is 40.5 Å². The SMILES string of the molecule is CC(O)CN(C)c1ccc(C=O)cc1Br. The molecular weight excluding hydrogens is 258 g/mol. The van der Waals surface area contributed by atoms with Crippen LogP contribution in [-0.2, 0) is 0 Å². The Hall–Kier alpha value is -0.870. The largest absolute Gasteiger partial charge is 0.392 e. The highest BCUT2D eigenvalue weighted by Gasteiger charge is 2.08. The van der Waals surface area contributed by atoms with E-state index in [9.17, 15) is 9.90 Å². The number of hydrogen-bond donors (Lipinski definition) is 1. The highest BCUT2D eigenvalue weighted by Crippen LogP contribution is 2.26. The summed E-state index contributed by atoms with van der Waals surface area (Å²) in [5, 5.41) is 9.26. The van der Waals surface area contributed by atoms with E-state index in [-0.39, 0.29) is 6.10 Å². The lowest BCUT2D eigenvalue weighted by molar-refractivity contribution is 0.112. The van der Waals surface area contributed by atoms with Crippen molar-refractivity contribution in [1.82, 2.24) is 0 Å². The molecule has 0 aromatic heterocycles. The molecule has 1 aromatic carbocycles. The van der Waals surface area contributed by atoms with Crippen molar-refractivity contribution in [3.8, 4) is 0 Å². The second kappa shape index (κ2) is 5.28. The Labute approximate surface area is 97.8 Å². The number of aliphatic hydroxyl groups excluding tert-OH is 1. The molecule has 1 unspecified atom stereocenters. The van der Waals surface area contributed by atoms with E-state index in [4.69, 9.17) is 0 Å². The molecule has 0 aliphatic rings. The van der Waals surface area contributed by atoms with E-state index < -0.39 is 0 Å². The second-order valence-electron chi connectivity index (χ2n) is 3.56. The Balaban J connectivity index is 2.90. The van der Waals surface area contributed by atoms with Gasteiger partial charge in [-0.25, -0.2) is 0 Å². The Morgan fingerprint density at radius 1 is 1.60 bits per heavy atom. The van der Waals surface area contributed by atoms with Crippen molar-refractivity contribution in [3.05, 3.63) is 28.2 Å². The molecule has 0 saturated carbocycles. The van der Waals surface area contributed by atoms with E-state index in [0.717, 1.165) is 16.4 Å². The zero-order valence-electron chi connectivity index (χ0n) is 8.77. The molecule has 4 heteroatoms. The Morgan fingerprint density at radius 3 is 2.73 bits per heavy atom. The van der Waals surface area contributed by atoms with Gasteiger partial charge in [0, 0.05) is 23.6 Å². The van der Waals surface area contributed by atoms with Crippen LogP contribution in [0.2, 0.25) is 0 Å². The van der Waals surface area contributed by atoms with Crippen molar-refractivity contribution < 1.29 is 9.90 Å². The first-order valence-electron chi connectivity index (χ1n) is 4.68. The van der Waals surface area contributed by atoms with Crippen molar-refractivity contribution in [2.24, 2.45) is 0 Å². The standard InChI is InChI=1S/C11H14BrNO2/c1-8(15)6-13(2)11-4-3-9(7-14)5-10(11)12/h3-5,7-8,15H,6H2,1-2H3. The highest BCUT2D eigenvalue weighted by atomic mass is 79.9. The van der Waals surface area contributed by atoms with Gasteiger partial charge in [-0.1, -0.05) is 0 Å². The molecule has 3 nitrogen and oxygen atoms in total. The number of hydrogen-bond acceptors (Lipinski definition) is 3. The summed E-state index contributed by atoms with van der Waals surface area (Å²) in [5.74, 6) is 0. The number of anilines is 1. The minimum absolute atomic E-state index is 0.382. The van der Waals surface area contributed by atoms with E-state index in [1.165, 1.54) is 0 Å². The van der Waals surface area contributed by atoms with E-state index >= 15 is 0 Å². The van der Waals surface area contributed by atoms with Gasteiger partial charge in [0.1, 0.15) is 6.29 Å². The van der Waals surface area contributed by atoms with E-state index in [0.29, 0.717) is 12.1 Å². The van der Waals surface area contributed by atoms with Crippen LogP contribution in [0, 0.1) is 0 Å². The molecule has 0 saturated heterocycles. The van der Waals surface area contributed by atoms with Gasteiger partial charge in [0.2, 0.25) is 0 Å². The van der Waals surface area contributed by atoms with Gasteiger partial charge in [-0.3, -0.25) is 4.79 Å². The molecule has 0 amide bonds. The van der Waals surface area contributed by atoms with E-state index in [2.05, 4.69) is 15.9 Å². The molecule has 0 radical (unpaired) electrons. The molecule has 1 atom stereocenters. The first-order valence-corrected chi connectivity index (χ1v) is 5.48. The Bertz CT molecular complexity index is 352. The number of carbonyl (C=O) groups is 1. The van der Waals surface area contributed by atoms with Crippen LogP contribution in [0.15, 0.2) is 22.7 Å². The fraction of sp³-hybridized carbons (Fsp3) is 0.364. The zero-order valence-corrected chi connectivity index (χ0v) is 10.4. The number of aliphatic hydroxyl groups is 1. The third kappa shape index (κ3) is 3.32. The fourth-order valence-electron chi connectivity index (χ4n) is 1.40. The fourth-order valence-corrected chi connectivity index (χ4v) is 2.10. The number of likely N-dealkylation sites (N-methyl/N-ethyl adjacent to an activating group) is 1. The van der Waals surface area contributed by atoms with Crippen LogP contribution in [-0.4, -0.2) is 31.1 Å². The minimum Gasteiger partial charge on any atom is -0.392 e. The van der Waals surface area contributed by atoms with Crippen molar-refractivity contribution in [3.63, 3.8) is 0 Å². The Kier molecular flexibility index (Phi) is 4.29. The average molecular weight is 272 g/mol. The summed E-state index contributed by atoms with van der Waals surface area (Å²) in [6.45, 7) is 2.29. The van der Waals surface area contributed by atoms with Gasteiger partial charge in [0.25, 0.3) is 0 Å². The van der Waals surface area contributed by atoms with E-state index in [1.54, 1.807) is 19.1 Å². The first kappa shape index (κ1) is 12.2. The number of aldehydes is 1. The molecule has 0 aliphatic heterocycles. The number of benzene rings is 1. The number of nitrogens with zero attached hydrogens (tertiary/aromatic N) is 1. The monoisotopic (exact) mass is 271 g/mol. The third-order valence-electron chi connectivity index (χ3n) is 2.06. The summed E-state index contributed by atoms with van der Waals surface area (Å²) < 4.78 is 0.857. The smallest absolute Gasteiger partial charge is 0.150 e. The molecule has 0 aliphatic carbocycles. The van der Waals surface area contributed by atoms with Gasteiger partial charge >= 0.3 is 0 Å². The molecule has 82 valence electrons. The van der Waals surface area contributed by atoms with Gasteiger partial charge in [0.15, 0.2) is 0 Å². The molecule has 15 heavy (non-hydrogen) atoms. The summed E-state index contributed by atoms with van der Waals surface area (Å²) in [5.41, 5.74) is 1.59. The molecular formula is C11H14BrNO2. The number of rotatable bonds is 4. The molecule has 1 rings (SSSR count). The van der Waals surface area contributed by atoms with Crippen LogP contribution in [0.5, 0.6) is 0 Å². The van der Waals surface area contributed by atoms with Crippen molar-refractivity contribution in [1.29, 1.82) is 0 Å². The lowest BCUT2D eigenvalue weighted by Gasteiger charge is -2.22. The van der Waals surface area contributed by atoms with Gasteiger partial charge in [-0.2, -0.15) is 0 Å². The maximum absolute atomic E-state index is 10.5. The molecule has 1 aromatic rings. The van der Waals surface area contributed by atoms with E-state index in [1.807, 2.05) is 18.0 Å². The first-order chi connectivity index (χ1) is 7.04. The van der Waals surface area contributed by atoms with Crippen LogP contribution in [0.4, 0.5) is 5.69 Å². The molecule has 1 N–H and O–H groups in total. The lowest BCUT2D eigenvalue weighted by Crippen LogP contribution is -2.27. The minimum atomic E-state index is -0.382. The van der Waals surface area contributed by atoms with Crippen LogP contribution < -0.4 is 4.90 Å². The average Bonchev–Trinajstić information content (AvgIpc) is 2.16. The summed E-state index contributed by atoms with van der Waals surface area (Å²) in [4.78, 5) is 12.5. The zero-order chi connectivity index (χ0) is 11.4. The third-order valence-corrected chi connectivity index (χ3v) is 2.69. The van der Waals surface area contributed by atoms with Gasteiger partial charge in [-0.15, -0.1) is 0 Å². The van der Waals surface area contributed by atoms with Gasteiger partial charge in [0.05, 0.1) is 11.8 Å². The number of carbonyl (C=O) groups excluding carboxylic acids is 1. The number of halogens is 1. The maximum atomic E-state index is 10.5. The molecule has 0 bridgehead atoms. The lowest BCUT2D eigenvalue weighted by atomic mass is 10.2. The molecule has 0 spiro atoms. The van der Waals surface area contributed by atoms with Crippen LogP contribution >= 0.6 is 15.9 Å². The normalized spacial score (nSPS) is 12.3. The van der Waals surface area contributed by atoms with Gasteiger partial charge < -0.3 is 10.0 Å². The maximum Gasteiger partial charge on any atom is 0.150 e. The van der Waals surface area contributed by atoms with Crippen molar-refractivity contribution in [2.45, 2.75) is 13.0 Å². The summed E-state index contributed by atoms with van der Waals surface area (Å²) in [6, 6.07) is 5.38. The highest BCUT2D eigenvalue weighted by molar-refractivity contribution is 9.10. The summed E-state index contributed by atoms with van der Waals surface area (Å²) >= 11 is 3.40. The van der Waals surface area contributed by atoms with Crippen LogP contribution in [0.1, 0.15) is 17.3 Å². The van der Waals surface area contributed by atoms with Crippen LogP contribution in [0.3, 0.4) is 0 Å². The van der Waals surface area contributed by atoms with Crippen molar-refractivity contribution in [2.75, 3.05) is 18.5 Å². The summed E-state index contributed by atoms with van der Waals surface area (Å²) in [7, 11) is 1.90. The van der Waals surface area contributed by atoms with Crippen molar-refractivity contribution >= 4 is 27.9 Å². The molecule has 0 heterocycles. The predicted octanol–water partition coefficient (Wildman–Crippen LogP) is 2.08.